The van der Waals surface area contributed by atoms with Crippen LogP contribution in [0.15, 0.2) is 41.5 Å². The van der Waals surface area contributed by atoms with Crippen LogP contribution in [0.4, 0.5) is 0 Å². The Hall–Kier alpha value is -1.61. The summed E-state index contributed by atoms with van der Waals surface area (Å²) < 4.78 is 0. The highest BCUT2D eigenvalue weighted by molar-refractivity contribution is 5.96. The minimum atomic E-state index is 0.0502. The Balaban J connectivity index is 2.04. The van der Waals surface area contributed by atoms with E-state index in [-0.39, 0.29) is 12.1 Å². The third-order valence-electron chi connectivity index (χ3n) is 3.99. The van der Waals surface area contributed by atoms with Crippen molar-refractivity contribution in [3.63, 3.8) is 0 Å². The molecule has 1 aromatic rings. The second-order valence-corrected chi connectivity index (χ2v) is 5.43. The second kappa shape index (κ2) is 6.71. The van der Waals surface area contributed by atoms with Gasteiger partial charge in [-0.2, -0.15) is 0 Å². The van der Waals surface area contributed by atoms with E-state index >= 15 is 0 Å². The van der Waals surface area contributed by atoms with Crippen LogP contribution in [0.25, 0.3) is 0 Å². The van der Waals surface area contributed by atoms with Crippen molar-refractivity contribution in [3.05, 3.63) is 47.0 Å². The van der Waals surface area contributed by atoms with Gasteiger partial charge < -0.3 is 4.90 Å². The van der Waals surface area contributed by atoms with E-state index in [4.69, 9.17) is 0 Å². The van der Waals surface area contributed by atoms with E-state index in [0.717, 1.165) is 37.1 Å². The summed E-state index contributed by atoms with van der Waals surface area (Å²) in [6.07, 6.45) is 2.21. The molecule has 1 unspecified atom stereocenters. The first-order valence-electron chi connectivity index (χ1n) is 7.40. The molecule has 0 saturated carbocycles. The molecule has 2 rings (SSSR count). The summed E-state index contributed by atoms with van der Waals surface area (Å²) in [7, 11) is 0. The van der Waals surface area contributed by atoms with Crippen LogP contribution < -0.4 is 5.32 Å². The summed E-state index contributed by atoms with van der Waals surface area (Å²) in [4.78, 5) is 14.2. The van der Waals surface area contributed by atoms with Gasteiger partial charge in [-0.15, -0.1) is 0 Å². The van der Waals surface area contributed by atoms with Crippen molar-refractivity contribution in [2.24, 2.45) is 0 Å². The molecule has 1 aliphatic heterocycles. The van der Waals surface area contributed by atoms with Gasteiger partial charge in [-0.3, -0.25) is 10.1 Å². The summed E-state index contributed by atoms with van der Waals surface area (Å²) in [5.74, 6) is 0.182. The standard InChI is InChI=1S/C17H24N2O/c1-4-5-11-19-16(13(2)14(3)17(19)20)18-12-15-9-7-6-8-10-15/h6-10,16,18H,4-5,11-12H2,1-3H3. The van der Waals surface area contributed by atoms with Crippen molar-refractivity contribution in [2.75, 3.05) is 6.54 Å². The molecule has 0 aromatic heterocycles. The average molecular weight is 272 g/mol. The first-order valence-corrected chi connectivity index (χ1v) is 7.40. The van der Waals surface area contributed by atoms with Gasteiger partial charge in [0.1, 0.15) is 6.17 Å². The van der Waals surface area contributed by atoms with Crippen molar-refractivity contribution < 1.29 is 4.79 Å². The number of rotatable bonds is 6. The Morgan fingerprint density at radius 2 is 1.90 bits per heavy atom. The predicted octanol–water partition coefficient (Wildman–Crippen LogP) is 3.08. The fourth-order valence-electron chi connectivity index (χ4n) is 2.57. The molecule has 0 bridgehead atoms. The van der Waals surface area contributed by atoms with Crippen LogP contribution >= 0.6 is 0 Å². The van der Waals surface area contributed by atoms with Crippen LogP contribution in [0.1, 0.15) is 39.2 Å². The van der Waals surface area contributed by atoms with Gasteiger partial charge in [0.05, 0.1) is 0 Å². The third kappa shape index (κ3) is 3.10. The van der Waals surface area contributed by atoms with Gasteiger partial charge in [0, 0.05) is 18.7 Å². The lowest BCUT2D eigenvalue weighted by Gasteiger charge is -2.27. The molecule has 1 N–H and O–H groups in total. The molecule has 0 radical (unpaired) electrons. The van der Waals surface area contributed by atoms with Gasteiger partial charge in [-0.05, 0) is 31.4 Å². The number of amides is 1. The van der Waals surface area contributed by atoms with Crippen molar-refractivity contribution >= 4 is 5.91 Å². The van der Waals surface area contributed by atoms with E-state index in [1.165, 1.54) is 5.56 Å². The molecule has 0 fully saturated rings. The van der Waals surface area contributed by atoms with Crippen molar-refractivity contribution in [3.8, 4) is 0 Å². The maximum Gasteiger partial charge on any atom is 0.251 e. The monoisotopic (exact) mass is 272 g/mol. The van der Waals surface area contributed by atoms with Gasteiger partial charge in [0.2, 0.25) is 0 Å². The lowest BCUT2D eigenvalue weighted by atomic mass is 10.1. The van der Waals surface area contributed by atoms with E-state index in [1.54, 1.807) is 0 Å². The predicted molar refractivity (Wildman–Crippen MR) is 82.1 cm³/mol. The molecule has 0 saturated heterocycles. The Morgan fingerprint density at radius 1 is 1.20 bits per heavy atom. The fraction of sp³-hybridized carbons (Fsp3) is 0.471. The van der Waals surface area contributed by atoms with Crippen LogP contribution in [-0.2, 0) is 11.3 Å². The SMILES string of the molecule is CCCCN1C(=O)C(C)=C(C)C1NCc1ccccc1. The zero-order chi connectivity index (χ0) is 14.5. The smallest absolute Gasteiger partial charge is 0.251 e. The van der Waals surface area contributed by atoms with Gasteiger partial charge in [-0.25, -0.2) is 0 Å². The van der Waals surface area contributed by atoms with Crippen LogP contribution in [0, 0.1) is 0 Å². The largest absolute Gasteiger partial charge is 0.319 e. The number of carbonyl (C=O) groups is 1. The van der Waals surface area contributed by atoms with Gasteiger partial charge in [0.25, 0.3) is 5.91 Å². The highest BCUT2D eigenvalue weighted by Gasteiger charge is 2.33. The molecule has 1 aliphatic rings. The van der Waals surface area contributed by atoms with Crippen LogP contribution in [-0.4, -0.2) is 23.5 Å². The van der Waals surface area contributed by atoms with Crippen LogP contribution in [0.2, 0.25) is 0 Å². The average Bonchev–Trinajstić information content (AvgIpc) is 2.68. The maximum atomic E-state index is 12.3. The summed E-state index contributed by atoms with van der Waals surface area (Å²) in [5, 5.41) is 3.51. The van der Waals surface area contributed by atoms with E-state index in [1.807, 2.05) is 30.0 Å². The molecule has 1 heterocycles. The summed E-state index contributed by atoms with van der Waals surface area (Å²) >= 11 is 0. The number of hydrogen-bond donors (Lipinski definition) is 1. The van der Waals surface area contributed by atoms with E-state index < -0.39 is 0 Å². The van der Waals surface area contributed by atoms with E-state index in [9.17, 15) is 4.79 Å². The second-order valence-electron chi connectivity index (χ2n) is 5.43. The summed E-state index contributed by atoms with van der Waals surface area (Å²) in [5.41, 5.74) is 3.29. The number of benzene rings is 1. The molecule has 108 valence electrons. The Bertz CT molecular complexity index is 493. The normalized spacial score (nSPS) is 19.1. The molecule has 1 amide bonds. The number of unbranched alkanes of at least 4 members (excludes halogenated alkanes) is 1. The quantitative estimate of drug-likeness (QED) is 0.863. The van der Waals surface area contributed by atoms with E-state index in [2.05, 4.69) is 31.3 Å². The number of nitrogens with one attached hydrogen (secondary N) is 1. The lowest BCUT2D eigenvalue weighted by molar-refractivity contribution is -0.127. The fourth-order valence-corrected chi connectivity index (χ4v) is 2.57. The molecule has 3 heteroatoms. The molecular formula is C17H24N2O. The van der Waals surface area contributed by atoms with Crippen molar-refractivity contribution in [2.45, 2.75) is 46.3 Å². The minimum absolute atomic E-state index is 0.0502. The molecule has 20 heavy (non-hydrogen) atoms. The summed E-state index contributed by atoms with van der Waals surface area (Å²) in [6.45, 7) is 7.76. The Labute approximate surface area is 121 Å². The van der Waals surface area contributed by atoms with Gasteiger partial charge in [0.15, 0.2) is 0 Å². The molecular weight excluding hydrogens is 248 g/mol. The van der Waals surface area contributed by atoms with Crippen LogP contribution in [0.5, 0.6) is 0 Å². The zero-order valence-corrected chi connectivity index (χ0v) is 12.6. The molecule has 1 atom stereocenters. The van der Waals surface area contributed by atoms with Crippen LogP contribution in [0.3, 0.4) is 0 Å². The molecule has 0 spiro atoms. The Kier molecular flexibility index (Phi) is 4.96. The minimum Gasteiger partial charge on any atom is -0.319 e. The number of hydrogen-bond acceptors (Lipinski definition) is 2. The molecule has 1 aromatic carbocycles. The molecule has 0 aliphatic carbocycles. The summed E-state index contributed by atoms with van der Waals surface area (Å²) in [6, 6.07) is 10.3. The van der Waals surface area contributed by atoms with E-state index in [0.29, 0.717) is 0 Å². The maximum absolute atomic E-state index is 12.3. The third-order valence-corrected chi connectivity index (χ3v) is 3.99. The van der Waals surface area contributed by atoms with Crippen molar-refractivity contribution in [1.29, 1.82) is 0 Å². The Morgan fingerprint density at radius 3 is 2.55 bits per heavy atom. The van der Waals surface area contributed by atoms with Gasteiger partial charge >= 0.3 is 0 Å². The lowest BCUT2D eigenvalue weighted by Crippen LogP contribution is -2.45. The van der Waals surface area contributed by atoms with Crippen molar-refractivity contribution in [1.82, 2.24) is 10.2 Å². The highest BCUT2D eigenvalue weighted by Crippen LogP contribution is 2.24. The first kappa shape index (κ1) is 14.8. The first-order chi connectivity index (χ1) is 9.65. The molecule has 3 nitrogen and oxygen atoms in total. The number of carbonyl (C=O) groups excluding carboxylic acids is 1. The zero-order valence-electron chi connectivity index (χ0n) is 12.6. The topological polar surface area (TPSA) is 32.3 Å². The highest BCUT2D eigenvalue weighted by atomic mass is 16.2. The number of nitrogens with zero attached hydrogens (tertiary/aromatic N) is 1. The van der Waals surface area contributed by atoms with Gasteiger partial charge in [-0.1, -0.05) is 43.7 Å².